The quantitative estimate of drug-likeness (QED) is 0.876. The average molecular weight is 229 g/mol. The molecule has 3 nitrogen and oxygen atoms in total. The predicted octanol–water partition coefficient (Wildman–Crippen LogP) is 2.90. The van der Waals surface area contributed by atoms with Gasteiger partial charge in [-0.3, -0.25) is 0 Å². The molecule has 0 bridgehead atoms. The first-order valence-corrected chi connectivity index (χ1v) is 5.66. The van der Waals surface area contributed by atoms with Crippen LogP contribution < -0.4 is 0 Å². The molecule has 0 amide bonds. The van der Waals surface area contributed by atoms with Crippen LogP contribution in [-0.4, -0.2) is 10.1 Å². The van der Waals surface area contributed by atoms with Gasteiger partial charge in [-0.05, 0) is 11.6 Å². The molecule has 0 fully saturated rings. The van der Waals surface area contributed by atoms with Gasteiger partial charge in [0.15, 0.2) is 0 Å². The molecule has 0 spiro atoms. The Morgan fingerprint density at radius 2 is 2.00 bits per heavy atom. The van der Waals surface area contributed by atoms with Crippen LogP contribution in [0.5, 0.6) is 0 Å². The van der Waals surface area contributed by atoms with Crippen LogP contribution in [0.4, 0.5) is 0 Å². The molecule has 0 aliphatic rings. The Morgan fingerprint density at radius 3 is 2.59 bits per heavy atom. The Hall–Kier alpha value is -1.87. The van der Waals surface area contributed by atoms with Crippen LogP contribution in [-0.2, 0) is 13.0 Å². The van der Waals surface area contributed by atoms with Crippen molar-refractivity contribution in [3.05, 3.63) is 53.2 Å². The Kier molecular flexibility index (Phi) is 3.73. The highest BCUT2D eigenvalue weighted by molar-refractivity contribution is 5.65. The maximum atomic E-state index is 9.10. The summed E-state index contributed by atoms with van der Waals surface area (Å²) in [5.74, 6) is 1.29. The number of benzene rings is 1. The first-order chi connectivity index (χ1) is 8.33. The van der Waals surface area contributed by atoms with Gasteiger partial charge in [-0.1, -0.05) is 37.3 Å². The average Bonchev–Trinajstić information content (AvgIpc) is 2.80. The van der Waals surface area contributed by atoms with E-state index in [-0.39, 0.29) is 6.61 Å². The Labute approximate surface area is 100 Å². The van der Waals surface area contributed by atoms with Crippen molar-refractivity contribution in [1.82, 2.24) is 4.98 Å². The fraction of sp³-hybridized carbons (Fsp3) is 0.214. The van der Waals surface area contributed by atoms with Crippen molar-refractivity contribution in [2.45, 2.75) is 20.0 Å². The zero-order valence-electron chi connectivity index (χ0n) is 9.76. The van der Waals surface area contributed by atoms with Crippen molar-refractivity contribution in [1.29, 1.82) is 0 Å². The minimum atomic E-state index is -0.0775. The monoisotopic (exact) mass is 229 g/mol. The molecule has 2 aromatic rings. The van der Waals surface area contributed by atoms with Crippen molar-refractivity contribution in [3.63, 3.8) is 0 Å². The zero-order chi connectivity index (χ0) is 12.1. The van der Waals surface area contributed by atoms with E-state index in [1.54, 1.807) is 0 Å². The number of aliphatic hydroxyl groups excluding tert-OH is 1. The van der Waals surface area contributed by atoms with Gasteiger partial charge in [-0.15, -0.1) is 0 Å². The van der Waals surface area contributed by atoms with Crippen LogP contribution >= 0.6 is 0 Å². The highest BCUT2D eigenvalue weighted by Crippen LogP contribution is 2.14. The van der Waals surface area contributed by atoms with Crippen LogP contribution in [0.1, 0.15) is 29.8 Å². The summed E-state index contributed by atoms with van der Waals surface area (Å²) in [6.45, 7) is 1.90. The molecule has 17 heavy (non-hydrogen) atoms. The lowest BCUT2D eigenvalue weighted by Crippen LogP contribution is -1.88. The second-order valence-electron chi connectivity index (χ2n) is 3.68. The van der Waals surface area contributed by atoms with Crippen molar-refractivity contribution in [2.75, 3.05) is 0 Å². The summed E-state index contributed by atoms with van der Waals surface area (Å²) in [5, 5.41) is 9.10. The smallest absolute Gasteiger partial charge is 0.219 e. The topological polar surface area (TPSA) is 46.3 Å². The molecule has 0 aliphatic carbocycles. The Bertz CT molecular complexity index is 479. The molecule has 1 aromatic carbocycles. The van der Waals surface area contributed by atoms with Gasteiger partial charge >= 0.3 is 0 Å². The van der Waals surface area contributed by atoms with Gasteiger partial charge in [0, 0.05) is 12.5 Å². The SMILES string of the molecule is CCc1oc(C=Cc2ccccc2)nc1CO. The van der Waals surface area contributed by atoms with E-state index in [0.717, 1.165) is 17.7 Å². The molecular weight excluding hydrogens is 214 g/mol. The largest absolute Gasteiger partial charge is 0.441 e. The molecule has 88 valence electrons. The lowest BCUT2D eigenvalue weighted by molar-refractivity contribution is 0.274. The second kappa shape index (κ2) is 5.46. The summed E-state index contributed by atoms with van der Waals surface area (Å²) in [7, 11) is 0. The number of aryl methyl sites for hydroxylation is 1. The standard InChI is InChI=1S/C14H15NO2/c1-2-13-12(10-16)15-14(17-13)9-8-11-6-4-3-5-7-11/h3-9,16H,2,10H2,1H3. The number of nitrogens with zero attached hydrogens (tertiary/aromatic N) is 1. The van der Waals surface area contributed by atoms with Crippen molar-refractivity contribution >= 4 is 12.2 Å². The van der Waals surface area contributed by atoms with E-state index in [4.69, 9.17) is 9.52 Å². The lowest BCUT2D eigenvalue weighted by atomic mass is 10.2. The number of hydrogen-bond donors (Lipinski definition) is 1. The number of hydrogen-bond acceptors (Lipinski definition) is 3. The molecule has 3 heteroatoms. The van der Waals surface area contributed by atoms with Crippen molar-refractivity contribution in [2.24, 2.45) is 0 Å². The summed E-state index contributed by atoms with van der Waals surface area (Å²) in [5.41, 5.74) is 1.72. The van der Waals surface area contributed by atoms with Gasteiger partial charge in [0.2, 0.25) is 5.89 Å². The Balaban J connectivity index is 2.19. The number of rotatable bonds is 4. The van der Waals surface area contributed by atoms with E-state index < -0.39 is 0 Å². The molecule has 0 unspecified atom stereocenters. The lowest BCUT2D eigenvalue weighted by Gasteiger charge is -1.90. The highest BCUT2D eigenvalue weighted by atomic mass is 16.4. The fourth-order valence-corrected chi connectivity index (χ4v) is 1.61. The van der Waals surface area contributed by atoms with Crippen LogP contribution in [0.2, 0.25) is 0 Å². The summed E-state index contributed by atoms with van der Waals surface area (Å²) in [6.07, 6.45) is 4.49. The van der Waals surface area contributed by atoms with E-state index in [1.165, 1.54) is 0 Å². The third-order valence-electron chi connectivity index (χ3n) is 2.48. The first kappa shape index (κ1) is 11.6. The van der Waals surface area contributed by atoms with Crippen LogP contribution in [0.25, 0.3) is 12.2 Å². The molecule has 0 radical (unpaired) electrons. The van der Waals surface area contributed by atoms with E-state index >= 15 is 0 Å². The molecule has 0 aliphatic heterocycles. The van der Waals surface area contributed by atoms with Gasteiger partial charge in [0.1, 0.15) is 11.5 Å². The molecule has 0 saturated carbocycles. The third-order valence-corrected chi connectivity index (χ3v) is 2.48. The first-order valence-electron chi connectivity index (χ1n) is 5.66. The van der Waals surface area contributed by atoms with Crippen LogP contribution in [0, 0.1) is 0 Å². The number of oxazole rings is 1. The molecule has 1 aromatic heterocycles. The molecule has 1 N–H and O–H groups in total. The second-order valence-corrected chi connectivity index (χ2v) is 3.68. The van der Waals surface area contributed by atoms with E-state index in [0.29, 0.717) is 11.6 Å². The van der Waals surface area contributed by atoms with Crippen molar-refractivity contribution < 1.29 is 9.52 Å². The summed E-state index contributed by atoms with van der Waals surface area (Å²) >= 11 is 0. The van der Waals surface area contributed by atoms with E-state index in [2.05, 4.69) is 4.98 Å². The Morgan fingerprint density at radius 1 is 1.24 bits per heavy atom. The number of aliphatic hydroxyl groups is 1. The number of aromatic nitrogens is 1. The van der Waals surface area contributed by atoms with E-state index in [1.807, 2.05) is 49.4 Å². The predicted molar refractivity (Wildman–Crippen MR) is 67.2 cm³/mol. The van der Waals surface area contributed by atoms with Gasteiger partial charge in [-0.25, -0.2) is 4.98 Å². The fourth-order valence-electron chi connectivity index (χ4n) is 1.61. The molecule has 0 atom stereocenters. The van der Waals surface area contributed by atoms with Gasteiger partial charge < -0.3 is 9.52 Å². The van der Waals surface area contributed by atoms with Gasteiger partial charge in [0.25, 0.3) is 0 Å². The van der Waals surface area contributed by atoms with Crippen molar-refractivity contribution in [3.8, 4) is 0 Å². The minimum absolute atomic E-state index is 0.0775. The maximum Gasteiger partial charge on any atom is 0.219 e. The summed E-state index contributed by atoms with van der Waals surface area (Å²) in [6, 6.07) is 9.94. The van der Waals surface area contributed by atoms with Gasteiger partial charge in [-0.2, -0.15) is 0 Å². The van der Waals surface area contributed by atoms with Crippen LogP contribution in [0.15, 0.2) is 34.7 Å². The normalized spacial score (nSPS) is 11.2. The maximum absolute atomic E-state index is 9.10. The van der Waals surface area contributed by atoms with E-state index in [9.17, 15) is 0 Å². The van der Waals surface area contributed by atoms with Gasteiger partial charge in [0.05, 0.1) is 6.61 Å². The molecule has 1 heterocycles. The minimum Gasteiger partial charge on any atom is -0.441 e. The van der Waals surface area contributed by atoms with Crippen LogP contribution in [0.3, 0.4) is 0 Å². The molecule has 0 saturated heterocycles. The summed E-state index contributed by atoms with van der Waals surface area (Å²) < 4.78 is 5.52. The molecule has 2 rings (SSSR count). The summed E-state index contributed by atoms with van der Waals surface area (Å²) in [4.78, 5) is 4.21. The third kappa shape index (κ3) is 2.82. The highest BCUT2D eigenvalue weighted by Gasteiger charge is 2.08. The molecular formula is C14H15NO2. The zero-order valence-corrected chi connectivity index (χ0v) is 9.76.